The number of pyridine rings is 1. The zero-order valence-electron chi connectivity index (χ0n) is 13.8. The molecule has 1 unspecified atom stereocenters. The first-order chi connectivity index (χ1) is 10.6. The first-order valence-electron chi connectivity index (χ1n) is 8.34. The van der Waals surface area contributed by atoms with Crippen LogP contribution >= 0.6 is 0 Å². The maximum absolute atomic E-state index is 12.8. The van der Waals surface area contributed by atoms with Crippen molar-refractivity contribution in [2.45, 2.75) is 58.9 Å². The summed E-state index contributed by atoms with van der Waals surface area (Å²) in [5.74, 6) is 0.248. The summed E-state index contributed by atoms with van der Waals surface area (Å²) < 4.78 is 2.08. The van der Waals surface area contributed by atoms with E-state index in [0.717, 1.165) is 48.4 Å². The largest absolute Gasteiger partial charge is 0.339 e. The van der Waals surface area contributed by atoms with E-state index in [1.165, 1.54) is 6.42 Å². The van der Waals surface area contributed by atoms with Crippen LogP contribution in [0.15, 0.2) is 18.3 Å². The highest BCUT2D eigenvalue weighted by atomic mass is 16.2. The van der Waals surface area contributed by atoms with Gasteiger partial charge in [-0.25, -0.2) is 4.98 Å². The minimum atomic E-state index is 0.248. The Bertz CT molecular complexity index is 689. The highest BCUT2D eigenvalue weighted by molar-refractivity contribution is 5.79. The molecule has 3 heterocycles. The van der Waals surface area contributed by atoms with Crippen molar-refractivity contribution in [3.05, 3.63) is 35.3 Å². The molecule has 0 bridgehead atoms. The molecule has 0 radical (unpaired) electrons. The van der Waals surface area contributed by atoms with Crippen LogP contribution in [0.5, 0.6) is 0 Å². The molecule has 0 spiro atoms. The predicted molar refractivity (Wildman–Crippen MR) is 88.0 cm³/mol. The number of carbonyl (C=O) groups is 1. The van der Waals surface area contributed by atoms with Gasteiger partial charge in [0.1, 0.15) is 5.65 Å². The van der Waals surface area contributed by atoms with Crippen molar-refractivity contribution >= 4 is 11.6 Å². The van der Waals surface area contributed by atoms with E-state index < -0.39 is 0 Å². The van der Waals surface area contributed by atoms with E-state index in [-0.39, 0.29) is 5.91 Å². The van der Waals surface area contributed by atoms with Crippen LogP contribution in [0.1, 0.15) is 49.6 Å². The molecule has 118 valence electrons. The average molecular weight is 299 g/mol. The summed E-state index contributed by atoms with van der Waals surface area (Å²) in [6.45, 7) is 7.15. The SMILES string of the molecule is CCC1CCCCN1C(=O)Cc1c(C)nc2c(C)cccn12. The number of imidazole rings is 1. The number of hydrogen-bond donors (Lipinski definition) is 0. The highest BCUT2D eigenvalue weighted by Crippen LogP contribution is 2.22. The van der Waals surface area contributed by atoms with Crippen LogP contribution in [-0.2, 0) is 11.2 Å². The van der Waals surface area contributed by atoms with Gasteiger partial charge in [0.05, 0.1) is 17.8 Å². The zero-order chi connectivity index (χ0) is 15.7. The second-order valence-corrected chi connectivity index (χ2v) is 6.35. The van der Waals surface area contributed by atoms with Crippen LogP contribution in [-0.4, -0.2) is 32.8 Å². The molecule has 1 saturated heterocycles. The number of piperidine rings is 1. The van der Waals surface area contributed by atoms with Gasteiger partial charge in [0.25, 0.3) is 0 Å². The lowest BCUT2D eigenvalue weighted by molar-refractivity contribution is -0.134. The summed E-state index contributed by atoms with van der Waals surface area (Å²) in [6, 6.07) is 4.50. The number of nitrogens with zero attached hydrogens (tertiary/aromatic N) is 3. The molecule has 2 aromatic rings. The number of rotatable bonds is 3. The van der Waals surface area contributed by atoms with Gasteiger partial charge in [0, 0.05) is 18.8 Å². The average Bonchev–Trinajstić information content (AvgIpc) is 2.85. The molecular weight excluding hydrogens is 274 g/mol. The van der Waals surface area contributed by atoms with Gasteiger partial charge in [-0.1, -0.05) is 13.0 Å². The quantitative estimate of drug-likeness (QED) is 0.872. The molecule has 1 fully saturated rings. The van der Waals surface area contributed by atoms with Crippen molar-refractivity contribution in [1.29, 1.82) is 0 Å². The molecule has 1 aliphatic heterocycles. The second-order valence-electron chi connectivity index (χ2n) is 6.35. The summed E-state index contributed by atoms with van der Waals surface area (Å²) in [5.41, 5.74) is 4.11. The second kappa shape index (κ2) is 6.11. The van der Waals surface area contributed by atoms with Crippen molar-refractivity contribution in [1.82, 2.24) is 14.3 Å². The smallest absolute Gasteiger partial charge is 0.228 e. The fraction of sp³-hybridized carbons (Fsp3) is 0.556. The number of aryl methyl sites for hydroxylation is 2. The maximum atomic E-state index is 12.8. The Labute approximate surface area is 132 Å². The van der Waals surface area contributed by atoms with E-state index in [0.29, 0.717) is 12.5 Å². The summed E-state index contributed by atoms with van der Waals surface area (Å²) in [6.07, 6.45) is 7.04. The molecule has 0 aliphatic carbocycles. The van der Waals surface area contributed by atoms with E-state index in [9.17, 15) is 4.79 Å². The van der Waals surface area contributed by atoms with Crippen LogP contribution in [0.25, 0.3) is 5.65 Å². The van der Waals surface area contributed by atoms with Gasteiger partial charge >= 0.3 is 0 Å². The molecule has 3 rings (SSSR count). The first kappa shape index (κ1) is 15.1. The van der Waals surface area contributed by atoms with Crippen molar-refractivity contribution in [3.63, 3.8) is 0 Å². The summed E-state index contributed by atoms with van der Waals surface area (Å²) in [7, 11) is 0. The number of hydrogen-bond acceptors (Lipinski definition) is 2. The van der Waals surface area contributed by atoms with Gasteiger partial charge in [0.15, 0.2) is 0 Å². The van der Waals surface area contributed by atoms with Gasteiger partial charge in [0.2, 0.25) is 5.91 Å². The lowest BCUT2D eigenvalue weighted by Gasteiger charge is -2.35. The fourth-order valence-corrected chi connectivity index (χ4v) is 3.58. The third-order valence-corrected chi connectivity index (χ3v) is 4.88. The van der Waals surface area contributed by atoms with Gasteiger partial charge in [-0.3, -0.25) is 4.79 Å². The molecular formula is C18H25N3O. The van der Waals surface area contributed by atoms with E-state index in [4.69, 9.17) is 0 Å². The third-order valence-electron chi connectivity index (χ3n) is 4.88. The van der Waals surface area contributed by atoms with Gasteiger partial charge in [-0.2, -0.15) is 0 Å². The molecule has 1 atom stereocenters. The van der Waals surface area contributed by atoms with Crippen molar-refractivity contribution in [3.8, 4) is 0 Å². The molecule has 0 N–H and O–H groups in total. The molecule has 4 nitrogen and oxygen atoms in total. The Morgan fingerprint density at radius 2 is 2.18 bits per heavy atom. The van der Waals surface area contributed by atoms with Crippen molar-refractivity contribution in [2.24, 2.45) is 0 Å². The number of likely N-dealkylation sites (tertiary alicyclic amines) is 1. The fourth-order valence-electron chi connectivity index (χ4n) is 3.58. The molecule has 22 heavy (non-hydrogen) atoms. The standard InChI is InChI=1S/C18H25N3O/c1-4-15-9-5-6-10-20(15)17(22)12-16-14(3)19-18-13(2)8-7-11-21(16)18/h7-8,11,15H,4-6,9-10,12H2,1-3H3. The van der Waals surface area contributed by atoms with Gasteiger partial charge < -0.3 is 9.30 Å². The monoisotopic (exact) mass is 299 g/mol. The molecule has 1 aliphatic rings. The minimum absolute atomic E-state index is 0.248. The van der Waals surface area contributed by atoms with Crippen LogP contribution in [0, 0.1) is 13.8 Å². The molecule has 2 aromatic heterocycles. The van der Waals surface area contributed by atoms with E-state index >= 15 is 0 Å². The summed E-state index contributed by atoms with van der Waals surface area (Å²) >= 11 is 0. The van der Waals surface area contributed by atoms with Crippen LogP contribution < -0.4 is 0 Å². The van der Waals surface area contributed by atoms with Crippen LogP contribution in [0.3, 0.4) is 0 Å². The lowest BCUT2D eigenvalue weighted by atomic mass is 9.99. The van der Waals surface area contributed by atoms with E-state index in [1.54, 1.807) is 0 Å². The molecule has 0 aromatic carbocycles. The third kappa shape index (κ3) is 2.62. The summed E-state index contributed by atoms with van der Waals surface area (Å²) in [4.78, 5) is 19.5. The normalized spacial score (nSPS) is 18.9. The minimum Gasteiger partial charge on any atom is -0.339 e. The number of aromatic nitrogens is 2. The maximum Gasteiger partial charge on any atom is 0.228 e. The number of amides is 1. The zero-order valence-corrected chi connectivity index (χ0v) is 13.8. The van der Waals surface area contributed by atoms with E-state index in [1.807, 2.05) is 19.2 Å². The Hall–Kier alpha value is -1.84. The predicted octanol–water partition coefficient (Wildman–Crippen LogP) is 3.28. The first-order valence-corrected chi connectivity index (χ1v) is 8.34. The Kier molecular flexibility index (Phi) is 4.19. The highest BCUT2D eigenvalue weighted by Gasteiger charge is 2.26. The Morgan fingerprint density at radius 3 is 2.95 bits per heavy atom. The van der Waals surface area contributed by atoms with Gasteiger partial charge in [-0.15, -0.1) is 0 Å². The van der Waals surface area contributed by atoms with Crippen molar-refractivity contribution < 1.29 is 4.79 Å². The topological polar surface area (TPSA) is 37.6 Å². The Balaban J connectivity index is 1.88. The molecule has 1 amide bonds. The number of fused-ring (bicyclic) bond motifs is 1. The van der Waals surface area contributed by atoms with E-state index in [2.05, 4.69) is 34.2 Å². The Morgan fingerprint density at radius 1 is 1.36 bits per heavy atom. The van der Waals surface area contributed by atoms with Crippen LogP contribution in [0.2, 0.25) is 0 Å². The van der Waals surface area contributed by atoms with Crippen molar-refractivity contribution in [2.75, 3.05) is 6.54 Å². The molecule has 0 saturated carbocycles. The van der Waals surface area contributed by atoms with Gasteiger partial charge in [-0.05, 0) is 51.2 Å². The number of carbonyl (C=O) groups excluding carboxylic acids is 1. The lowest BCUT2D eigenvalue weighted by Crippen LogP contribution is -2.44. The molecule has 4 heteroatoms. The van der Waals surface area contributed by atoms with Crippen LogP contribution in [0.4, 0.5) is 0 Å². The summed E-state index contributed by atoms with van der Waals surface area (Å²) in [5, 5.41) is 0.